The Hall–Kier alpha value is -1.87. The van der Waals surface area contributed by atoms with Crippen LogP contribution in [0.2, 0.25) is 0 Å². The molecule has 0 bridgehead atoms. The fourth-order valence-electron chi connectivity index (χ4n) is 2.88. The number of Topliss-reactive ketones (excluding diaryl/α,β-unsaturated/α-hetero) is 1. The Kier molecular flexibility index (Phi) is 4.16. The summed E-state index contributed by atoms with van der Waals surface area (Å²) < 4.78 is 0. The van der Waals surface area contributed by atoms with Crippen molar-refractivity contribution < 1.29 is 4.79 Å². The van der Waals surface area contributed by atoms with E-state index in [-0.39, 0.29) is 5.78 Å². The van der Waals surface area contributed by atoms with Crippen LogP contribution >= 0.6 is 11.3 Å². The van der Waals surface area contributed by atoms with E-state index in [1.807, 2.05) is 12.1 Å². The molecule has 3 heteroatoms. The predicted octanol–water partition coefficient (Wildman–Crippen LogP) is 5.55. The summed E-state index contributed by atoms with van der Waals surface area (Å²) in [5, 5.41) is 3.20. The minimum Gasteiger partial charge on any atom is -0.352 e. The van der Waals surface area contributed by atoms with Crippen molar-refractivity contribution in [2.75, 3.05) is 0 Å². The molecule has 0 aliphatic heterocycles. The SMILES string of the molecule is Cc1ccc2[nH]c(C(=O)CC(c3cccs3)C(C)C)cc2c1. The van der Waals surface area contributed by atoms with Crippen molar-refractivity contribution in [1.82, 2.24) is 4.98 Å². The van der Waals surface area contributed by atoms with Crippen molar-refractivity contribution in [3.8, 4) is 0 Å². The molecule has 0 fully saturated rings. The van der Waals surface area contributed by atoms with Crippen molar-refractivity contribution >= 4 is 28.0 Å². The number of aryl methyl sites for hydroxylation is 1. The van der Waals surface area contributed by atoms with E-state index in [0.29, 0.717) is 18.3 Å². The second-order valence-corrected chi connectivity index (χ2v) is 7.25. The van der Waals surface area contributed by atoms with Gasteiger partial charge in [0.05, 0.1) is 5.69 Å². The van der Waals surface area contributed by atoms with Gasteiger partial charge in [0, 0.05) is 28.1 Å². The van der Waals surface area contributed by atoms with E-state index in [4.69, 9.17) is 0 Å². The third-order valence-electron chi connectivity index (χ3n) is 4.20. The minimum absolute atomic E-state index is 0.195. The molecule has 0 amide bonds. The molecule has 22 heavy (non-hydrogen) atoms. The third-order valence-corrected chi connectivity index (χ3v) is 5.20. The molecule has 3 rings (SSSR count). The lowest BCUT2D eigenvalue weighted by Crippen LogP contribution is -2.12. The normalized spacial score (nSPS) is 12.9. The highest BCUT2D eigenvalue weighted by Crippen LogP contribution is 2.32. The molecule has 1 N–H and O–H groups in total. The standard InChI is InChI=1S/C19H21NOS/c1-12(2)15(19-5-4-8-22-19)11-18(21)17-10-14-9-13(3)6-7-16(14)20-17/h4-10,12,15,20H,11H2,1-3H3. The van der Waals surface area contributed by atoms with Crippen LogP contribution in [0.1, 0.15) is 47.1 Å². The van der Waals surface area contributed by atoms with Gasteiger partial charge in [-0.2, -0.15) is 0 Å². The number of aromatic amines is 1. The van der Waals surface area contributed by atoms with E-state index in [0.717, 1.165) is 16.6 Å². The zero-order valence-electron chi connectivity index (χ0n) is 13.2. The zero-order valence-corrected chi connectivity index (χ0v) is 14.0. The van der Waals surface area contributed by atoms with Crippen LogP contribution in [-0.4, -0.2) is 10.8 Å². The number of carbonyl (C=O) groups is 1. The number of rotatable bonds is 5. The van der Waals surface area contributed by atoms with Gasteiger partial charge in [0.25, 0.3) is 0 Å². The highest BCUT2D eigenvalue weighted by molar-refractivity contribution is 7.10. The van der Waals surface area contributed by atoms with Gasteiger partial charge in [-0.1, -0.05) is 31.5 Å². The number of H-pyrrole nitrogens is 1. The summed E-state index contributed by atoms with van der Waals surface area (Å²) in [4.78, 5) is 17.2. The highest BCUT2D eigenvalue weighted by Gasteiger charge is 2.22. The fourth-order valence-corrected chi connectivity index (χ4v) is 3.88. The van der Waals surface area contributed by atoms with Crippen LogP contribution in [0.25, 0.3) is 10.9 Å². The van der Waals surface area contributed by atoms with Gasteiger partial charge in [-0.25, -0.2) is 0 Å². The Morgan fingerprint density at radius 2 is 2.05 bits per heavy atom. The number of benzene rings is 1. The van der Waals surface area contributed by atoms with Gasteiger partial charge in [-0.05, 0) is 42.5 Å². The van der Waals surface area contributed by atoms with Crippen molar-refractivity contribution in [2.45, 2.75) is 33.1 Å². The Morgan fingerprint density at radius 3 is 2.73 bits per heavy atom. The fraction of sp³-hybridized carbons (Fsp3) is 0.316. The van der Waals surface area contributed by atoms with E-state index in [1.54, 1.807) is 11.3 Å². The van der Waals surface area contributed by atoms with Crippen LogP contribution in [0, 0.1) is 12.8 Å². The predicted molar refractivity (Wildman–Crippen MR) is 93.9 cm³/mol. The van der Waals surface area contributed by atoms with Crippen LogP contribution in [-0.2, 0) is 0 Å². The summed E-state index contributed by atoms with van der Waals surface area (Å²) in [5.74, 6) is 0.941. The first kappa shape index (κ1) is 15.0. The number of carbonyl (C=O) groups excluding carboxylic acids is 1. The Morgan fingerprint density at radius 1 is 1.23 bits per heavy atom. The van der Waals surface area contributed by atoms with Crippen molar-refractivity contribution in [2.24, 2.45) is 5.92 Å². The number of thiophene rings is 1. The molecule has 0 radical (unpaired) electrons. The molecule has 0 spiro atoms. The molecular weight excluding hydrogens is 290 g/mol. The molecule has 114 valence electrons. The summed E-state index contributed by atoms with van der Waals surface area (Å²) in [6.45, 7) is 6.44. The van der Waals surface area contributed by atoms with Crippen LogP contribution in [0.3, 0.4) is 0 Å². The van der Waals surface area contributed by atoms with Gasteiger partial charge in [0.2, 0.25) is 0 Å². The molecule has 0 saturated heterocycles. The quantitative estimate of drug-likeness (QED) is 0.616. The lowest BCUT2D eigenvalue weighted by Gasteiger charge is -2.18. The molecule has 3 aromatic rings. The van der Waals surface area contributed by atoms with Crippen LogP contribution < -0.4 is 0 Å². The van der Waals surface area contributed by atoms with Gasteiger partial charge in [0.1, 0.15) is 0 Å². The topological polar surface area (TPSA) is 32.9 Å². The van der Waals surface area contributed by atoms with E-state index in [1.165, 1.54) is 10.4 Å². The number of aromatic nitrogens is 1. The first-order chi connectivity index (χ1) is 10.5. The van der Waals surface area contributed by atoms with Crippen LogP contribution in [0.5, 0.6) is 0 Å². The maximum Gasteiger partial charge on any atom is 0.179 e. The average molecular weight is 311 g/mol. The molecule has 1 aromatic carbocycles. The van der Waals surface area contributed by atoms with E-state index in [2.05, 4.69) is 55.4 Å². The third kappa shape index (κ3) is 3.00. The van der Waals surface area contributed by atoms with E-state index < -0.39 is 0 Å². The Labute approximate surface area is 135 Å². The lowest BCUT2D eigenvalue weighted by atomic mass is 9.88. The highest BCUT2D eigenvalue weighted by atomic mass is 32.1. The second kappa shape index (κ2) is 6.09. The summed E-state index contributed by atoms with van der Waals surface area (Å²) in [7, 11) is 0. The second-order valence-electron chi connectivity index (χ2n) is 6.27. The number of nitrogens with one attached hydrogen (secondary N) is 1. The number of hydrogen-bond acceptors (Lipinski definition) is 2. The van der Waals surface area contributed by atoms with Gasteiger partial charge in [-0.3, -0.25) is 4.79 Å². The molecule has 0 aliphatic carbocycles. The summed E-state index contributed by atoms with van der Waals surface area (Å²) >= 11 is 1.74. The Balaban J connectivity index is 1.85. The van der Waals surface area contributed by atoms with E-state index >= 15 is 0 Å². The van der Waals surface area contributed by atoms with Crippen LogP contribution in [0.4, 0.5) is 0 Å². The van der Waals surface area contributed by atoms with Crippen molar-refractivity contribution in [3.63, 3.8) is 0 Å². The maximum atomic E-state index is 12.7. The van der Waals surface area contributed by atoms with Crippen LogP contribution in [0.15, 0.2) is 41.8 Å². The zero-order chi connectivity index (χ0) is 15.7. The van der Waals surface area contributed by atoms with Crippen molar-refractivity contribution in [3.05, 3.63) is 57.9 Å². The summed E-state index contributed by atoms with van der Waals surface area (Å²) in [5.41, 5.74) is 2.97. The molecule has 1 atom stereocenters. The van der Waals surface area contributed by atoms with Gasteiger partial charge >= 0.3 is 0 Å². The molecule has 2 heterocycles. The number of hydrogen-bond donors (Lipinski definition) is 1. The first-order valence-corrected chi connectivity index (χ1v) is 8.58. The smallest absolute Gasteiger partial charge is 0.179 e. The average Bonchev–Trinajstić information content (AvgIpc) is 3.12. The van der Waals surface area contributed by atoms with Crippen molar-refractivity contribution in [1.29, 1.82) is 0 Å². The minimum atomic E-state index is 0.195. The molecule has 0 saturated carbocycles. The van der Waals surface area contributed by atoms with Gasteiger partial charge in [0.15, 0.2) is 5.78 Å². The Bertz CT molecular complexity index is 783. The molecule has 1 unspecified atom stereocenters. The molecular formula is C19H21NOS. The summed E-state index contributed by atoms with van der Waals surface area (Å²) in [6, 6.07) is 12.4. The summed E-state index contributed by atoms with van der Waals surface area (Å²) in [6.07, 6.45) is 0.560. The maximum absolute atomic E-state index is 12.7. The lowest BCUT2D eigenvalue weighted by molar-refractivity contribution is 0.0963. The van der Waals surface area contributed by atoms with Gasteiger partial charge in [-0.15, -0.1) is 11.3 Å². The molecule has 2 nitrogen and oxygen atoms in total. The van der Waals surface area contributed by atoms with E-state index in [9.17, 15) is 4.79 Å². The monoisotopic (exact) mass is 311 g/mol. The first-order valence-electron chi connectivity index (χ1n) is 7.70. The number of ketones is 1. The molecule has 2 aromatic heterocycles. The number of fused-ring (bicyclic) bond motifs is 1. The van der Waals surface area contributed by atoms with Gasteiger partial charge < -0.3 is 4.98 Å². The molecule has 0 aliphatic rings. The largest absolute Gasteiger partial charge is 0.352 e.